The molecule has 4 atom stereocenters. The van der Waals surface area contributed by atoms with E-state index in [4.69, 9.17) is 32.7 Å². The van der Waals surface area contributed by atoms with Crippen LogP contribution in [0.4, 0.5) is 43.7 Å². The minimum atomic E-state index is -1.14. The number of nitrogens with zero attached hydrogens (tertiary/aromatic N) is 4. The summed E-state index contributed by atoms with van der Waals surface area (Å²) in [7, 11) is 0. The van der Waals surface area contributed by atoms with Crippen LogP contribution in [-0.2, 0) is 29.9 Å². The summed E-state index contributed by atoms with van der Waals surface area (Å²) in [5.41, 5.74) is 5.50. The van der Waals surface area contributed by atoms with E-state index in [0.717, 1.165) is 33.6 Å². The lowest BCUT2D eigenvalue weighted by Crippen LogP contribution is -2.30. The smallest absolute Gasteiger partial charge is 0.414 e. The third-order valence-corrected chi connectivity index (χ3v) is 14.4. The maximum atomic E-state index is 14.0. The molecule has 68 heavy (non-hydrogen) atoms. The van der Waals surface area contributed by atoms with Crippen LogP contribution in [0, 0.1) is 0 Å². The molecule has 12 rings (SSSR count). The fraction of sp³-hybridized carbons (Fsp3) is 0.192. The van der Waals surface area contributed by atoms with Gasteiger partial charge in [-0.25, -0.2) is 19.2 Å². The number of aromatic carboxylic acids is 2. The Balaban J connectivity index is 0.000000149. The van der Waals surface area contributed by atoms with Gasteiger partial charge in [0.25, 0.3) is 0 Å². The third kappa shape index (κ3) is 6.76. The maximum absolute atomic E-state index is 14.0. The van der Waals surface area contributed by atoms with Gasteiger partial charge >= 0.3 is 24.1 Å². The van der Waals surface area contributed by atoms with Crippen LogP contribution in [-0.4, -0.2) is 72.5 Å². The van der Waals surface area contributed by atoms with Crippen molar-refractivity contribution in [3.05, 3.63) is 177 Å². The Morgan fingerprint density at radius 1 is 0.515 bits per heavy atom. The fourth-order valence-corrected chi connectivity index (χ4v) is 10.8. The number of benzene rings is 6. The molecule has 6 aromatic carbocycles. The molecule has 4 aliphatic heterocycles. The van der Waals surface area contributed by atoms with Crippen LogP contribution in [0.25, 0.3) is 0 Å². The number of carboxylic acids is 2. The molecule has 2 aliphatic carbocycles. The molecule has 6 aromatic rings. The van der Waals surface area contributed by atoms with Gasteiger partial charge in [-0.05, 0) is 108 Å². The first kappa shape index (κ1) is 42.9. The van der Waals surface area contributed by atoms with Crippen LogP contribution < -0.4 is 19.6 Å². The zero-order valence-corrected chi connectivity index (χ0v) is 37.3. The molecular formula is C52H38Cl2N4O10. The van der Waals surface area contributed by atoms with Gasteiger partial charge in [0.05, 0.1) is 69.2 Å². The maximum Gasteiger partial charge on any atom is 0.414 e. The molecule has 2 N–H and O–H groups in total. The fourth-order valence-electron chi connectivity index (χ4n) is 10.5. The van der Waals surface area contributed by atoms with Crippen LogP contribution in [0.2, 0.25) is 10.0 Å². The lowest BCUT2D eigenvalue weighted by molar-refractivity contribution is -0.120. The predicted molar refractivity (Wildman–Crippen MR) is 252 cm³/mol. The van der Waals surface area contributed by atoms with Crippen molar-refractivity contribution in [1.29, 1.82) is 0 Å². The Kier molecular flexibility index (Phi) is 10.1. The third-order valence-electron chi connectivity index (χ3n) is 13.8. The highest BCUT2D eigenvalue weighted by molar-refractivity contribution is 6.31. The molecule has 16 heteroatoms. The highest BCUT2D eigenvalue weighted by Gasteiger charge is 2.68. The number of carboxylic acid groups (broad SMARTS) is 2. The Morgan fingerprint density at radius 3 is 1.24 bits per heavy atom. The zero-order valence-electron chi connectivity index (χ0n) is 35.8. The lowest BCUT2D eigenvalue weighted by Gasteiger charge is -2.22. The molecule has 4 heterocycles. The second-order valence-corrected chi connectivity index (χ2v) is 18.4. The van der Waals surface area contributed by atoms with Gasteiger partial charge in [-0.2, -0.15) is 0 Å². The Morgan fingerprint density at radius 2 is 0.882 bits per heavy atom. The number of cyclic esters (lactones) is 2. The van der Waals surface area contributed by atoms with E-state index >= 15 is 0 Å². The molecule has 0 aromatic heterocycles. The van der Waals surface area contributed by atoms with Crippen LogP contribution in [0.3, 0.4) is 0 Å². The van der Waals surface area contributed by atoms with Gasteiger partial charge in [0.15, 0.2) is 0 Å². The van der Waals surface area contributed by atoms with E-state index in [-0.39, 0.29) is 48.0 Å². The average Bonchev–Trinajstić information content (AvgIpc) is 4.08. The van der Waals surface area contributed by atoms with Crippen LogP contribution in [0.5, 0.6) is 0 Å². The van der Waals surface area contributed by atoms with E-state index in [1.807, 2.05) is 97.1 Å². The number of carbonyl (C=O) groups is 6. The lowest BCUT2D eigenvalue weighted by atomic mass is 9.92. The molecule has 6 aliphatic rings. The minimum Gasteiger partial charge on any atom is -0.478 e. The number of carbonyl (C=O) groups excluding carboxylic acids is 4. The average molecular weight is 950 g/mol. The number of amides is 4. The number of rotatable bonds is 8. The normalized spacial score (nSPS) is 22.8. The summed E-state index contributed by atoms with van der Waals surface area (Å²) in [5.74, 6) is -2.50. The molecule has 4 amide bonds. The van der Waals surface area contributed by atoms with E-state index in [9.17, 15) is 39.0 Å². The Bertz CT molecular complexity index is 2950. The summed E-state index contributed by atoms with van der Waals surface area (Å²) in [4.78, 5) is 82.1. The zero-order chi connectivity index (χ0) is 47.2. The largest absolute Gasteiger partial charge is 0.478 e. The quantitative estimate of drug-likeness (QED) is 0.149. The molecule has 0 radical (unpaired) electrons. The topological polar surface area (TPSA) is 174 Å². The second-order valence-electron chi connectivity index (χ2n) is 17.5. The number of para-hydroxylation sites is 2. The summed E-state index contributed by atoms with van der Waals surface area (Å²) >= 11 is 12.1. The number of halogens is 2. The van der Waals surface area contributed by atoms with Crippen LogP contribution >= 0.6 is 23.2 Å². The first-order chi connectivity index (χ1) is 32.8. The molecule has 0 unspecified atom stereocenters. The van der Waals surface area contributed by atoms with Gasteiger partial charge < -0.3 is 19.7 Å². The highest BCUT2D eigenvalue weighted by Crippen LogP contribution is 2.68. The summed E-state index contributed by atoms with van der Waals surface area (Å²) in [5, 5.41) is 20.7. The van der Waals surface area contributed by atoms with Gasteiger partial charge in [-0.3, -0.25) is 29.2 Å². The minimum absolute atomic E-state index is 0.000830. The van der Waals surface area contributed by atoms with Gasteiger partial charge in [0.2, 0.25) is 11.8 Å². The van der Waals surface area contributed by atoms with Gasteiger partial charge in [0, 0.05) is 21.9 Å². The van der Waals surface area contributed by atoms with E-state index in [1.54, 1.807) is 21.9 Å². The van der Waals surface area contributed by atoms with Gasteiger partial charge in [-0.1, -0.05) is 83.9 Å². The number of hydrogen-bond donors (Lipinski definition) is 2. The Hall–Kier alpha value is -7.68. The molecule has 2 saturated carbocycles. The summed E-state index contributed by atoms with van der Waals surface area (Å²) in [6, 6.07) is 39.4. The molecular weight excluding hydrogens is 911 g/mol. The molecule has 0 bridgehead atoms. The van der Waals surface area contributed by atoms with Crippen molar-refractivity contribution in [1.82, 2.24) is 0 Å². The SMILES string of the molecule is O=C(O)c1cc(N2CCOC2=O)cc(N2C(=O)[C@@]3(C[C@@H]3c3ccc(Cl)cc3)c3ccccc32)c1.O=C(O)c1cc(N2CCOC2=O)cc(N2C(=O)[C@]3(C[C@H]3c3ccc(Cl)cc3)c3ccccc32)c1. The molecule has 2 spiro atoms. The van der Waals surface area contributed by atoms with Crippen molar-refractivity contribution in [2.75, 3.05) is 45.9 Å². The first-order valence-electron chi connectivity index (χ1n) is 21.8. The standard InChI is InChI=1S/2C26H19ClN2O5/c2*27-17-7-5-15(6-8-17)21-14-26(21)20-3-1-2-4-22(20)29(24(26)32)19-12-16(23(30)31)11-18(13-19)28-9-10-34-25(28)33/h2*1-8,11-13,21H,9-10,14H2,(H,30,31)/t2*21-,26+/m10/s1. The number of fused-ring (bicyclic) bond motifs is 4. The first-order valence-corrected chi connectivity index (χ1v) is 22.6. The monoisotopic (exact) mass is 948 g/mol. The van der Waals surface area contributed by atoms with Gasteiger partial charge in [-0.15, -0.1) is 0 Å². The number of ether oxygens (including phenoxy) is 2. The van der Waals surface area contributed by atoms with E-state index in [1.165, 1.54) is 34.1 Å². The van der Waals surface area contributed by atoms with E-state index in [2.05, 4.69) is 0 Å². The van der Waals surface area contributed by atoms with Crippen molar-refractivity contribution in [3.8, 4) is 0 Å². The highest BCUT2D eigenvalue weighted by atomic mass is 35.5. The Labute approximate surface area is 398 Å². The van der Waals surface area contributed by atoms with E-state index < -0.39 is 35.0 Å². The second kappa shape index (κ2) is 16.0. The van der Waals surface area contributed by atoms with Crippen molar-refractivity contribution in [2.45, 2.75) is 35.5 Å². The van der Waals surface area contributed by atoms with Crippen molar-refractivity contribution >= 4 is 93.3 Å². The van der Waals surface area contributed by atoms with Crippen molar-refractivity contribution in [2.24, 2.45) is 0 Å². The number of hydrogen-bond acceptors (Lipinski definition) is 8. The van der Waals surface area contributed by atoms with Crippen molar-refractivity contribution in [3.63, 3.8) is 0 Å². The van der Waals surface area contributed by atoms with E-state index in [0.29, 0.717) is 58.7 Å². The summed E-state index contributed by atoms with van der Waals surface area (Å²) < 4.78 is 10.1. The molecule has 14 nitrogen and oxygen atoms in total. The number of anilines is 6. The summed E-state index contributed by atoms with van der Waals surface area (Å²) in [6.07, 6.45) is 0.238. The van der Waals surface area contributed by atoms with Crippen LogP contribution in [0.15, 0.2) is 133 Å². The molecule has 340 valence electrons. The molecule has 2 saturated heterocycles. The van der Waals surface area contributed by atoms with Gasteiger partial charge in [0.1, 0.15) is 13.2 Å². The molecule has 4 fully saturated rings. The van der Waals surface area contributed by atoms with Crippen molar-refractivity contribution < 1.29 is 48.5 Å². The summed E-state index contributed by atoms with van der Waals surface area (Å²) in [6.45, 7) is 1.08. The predicted octanol–water partition coefficient (Wildman–Crippen LogP) is 10.2. The van der Waals surface area contributed by atoms with Crippen LogP contribution in [0.1, 0.15) is 67.6 Å².